The summed E-state index contributed by atoms with van der Waals surface area (Å²) in [6, 6.07) is 8.80. The number of benzene rings is 1. The summed E-state index contributed by atoms with van der Waals surface area (Å²) in [4.78, 5) is 11.8. The van der Waals surface area contributed by atoms with Crippen molar-refractivity contribution in [3.63, 3.8) is 0 Å². The highest BCUT2D eigenvalue weighted by Crippen LogP contribution is 2.17. The van der Waals surface area contributed by atoms with Crippen molar-refractivity contribution in [2.24, 2.45) is 0 Å². The Labute approximate surface area is 106 Å². The average Bonchev–Trinajstić information content (AvgIpc) is 2.76. The maximum atomic E-state index is 11.8. The van der Waals surface area contributed by atoms with E-state index in [0.29, 0.717) is 21.4 Å². The fraction of sp³-hybridized carbons (Fsp3) is 0. The van der Waals surface area contributed by atoms with Gasteiger partial charge in [-0.25, -0.2) is 0 Å². The molecule has 1 amide bonds. The third kappa shape index (κ3) is 2.34. The Hall–Kier alpha value is -2.13. The molecule has 17 heavy (non-hydrogen) atoms. The minimum Gasteiger partial charge on any atom is -0.319 e. The lowest BCUT2D eigenvalue weighted by atomic mass is 10.2. The van der Waals surface area contributed by atoms with Gasteiger partial charge < -0.3 is 5.32 Å². The van der Waals surface area contributed by atoms with Crippen molar-refractivity contribution in [2.75, 3.05) is 5.32 Å². The molecule has 0 bridgehead atoms. The van der Waals surface area contributed by atoms with Gasteiger partial charge in [0.15, 0.2) is 0 Å². The highest BCUT2D eigenvalue weighted by molar-refractivity contribution is 9.10. The number of aromatic amines is 1. The Morgan fingerprint density at radius 1 is 1.47 bits per heavy atom. The Balaban J connectivity index is 2.26. The molecule has 0 saturated heterocycles. The number of rotatable bonds is 2. The zero-order valence-corrected chi connectivity index (χ0v) is 10.2. The number of anilines is 1. The number of carbonyl (C=O) groups is 1. The molecule has 1 heterocycles. The van der Waals surface area contributed by atoms with E-state index >= 15 is 0 Å². The summed E-state index contributed by atoms with van der Waals surface area (Å²) < 4.78 is 0.574. The maximum Gasteiger partial charge on any atom is 0.274 e. The SMILES string of the molecule is N#Cc1ccccc1NC(=O)c1[nH]ncc1Br. The summed E-state index contributed by atoms with van der Waals surface area (Å²) in [5.74, 6) is -0.350. The monoisotopic (exact) mass is 290 g/mol. The van der Waals surface area contributed by atoms with Crippen LogP contribution in [0.1, 0.15) is 16.1 Å². The van der Waals surface area contributed by atoms with Gasteiger partial charge in [0.05, 0.1) is 21.9 Å². The van der Waals surface area contributed by atoms with Crippen molar-refractivity contribution in [3.05, 3.63) is 46.2 Å². The van der Waals surface area contributed by atoms with Gasteiger partial charge in [-0.2, -0.15) is 10.4 Å². The van der Waals surface area contributed by atoms with Gasteiger partial charge >= 0.3 is 0 Å². The number of H-pyrrole nitrogens is 1. The fourth-order valence-electron chi connectivity index (χ4n) is 1.31. The Morgan fingerprint density at radius 3 is 2.88 bits per heavy atom. The third-order valence-corrected chi connectivity index (χ3v) is 2.72. The van der Waals surface area contributed by atoms with Crippen LogP contribution in [0.4, 0.5) is 5.69 Å². The van der Waals surface area contributed by atoms with Crippen LogP contribution in [-0.2, 0) is 0 Å². The van der Waals surface area contributed by atoms with Gasteiger partial charge in [-0.1, -0.05) is 12.1 Å². The van der Waals surface area contributed by atoms with Crippen molar-refractivity contribution >= 4 is 27.5 Å². The van der Waals surface area contributed by atoms with Gasteiger partial charge in [-0.3, -0.25) is 9.89 Å². The first-order chi connectivity index (χ1) is 8.22. The molecule has 2 aromatic rings. The van der Waals surface area contributed by atoms with Crippen molar-refractivity contribution in [1.82, 2.24) is 10.2 Å². The van der Waals surface area contributed by atoms with Crippen LogP contribution in [0.25, 0.3) is 0 Å². The van der Waals surface area contributed by atoms with Crippen LogP contribution in [0.2, 0.25) is 0 Å². The van der Waals surface area contributed by atoms with Crippen LogP contribution in [0.3, 0.4) is 0 Å². The van der Waals surface area contributed by atoms with E-state index in [0.717, 1.165) is 0 Å². The number of aromatic nitrogens is 2. The number of carbonyl (C=O) groups excluding carboxylic acids is 1. The van der Waals surface area contributed by atoms with E-state index in [9.17, 15) is 4.79 Å². The second-order valence-electron chi connectivity index (χ2n) is 3.20. The van der Waals surface area contributed by atoms with E-state index in [1.807, 2.05) is 6.07 Å². The molecule has 0 atom stereocenters. The van der Waals surface area contributed by atoms with Gasteiger partial charge in [0.2, 0.25) is 0 Å². The van der Waals surface area contributed by atoms with Crippen molar-refractivity contribution in [2.45, 2.75) is 0 Å². The van der Waals surface area contributed by atoms with Gasteiger partial charge in [-0.15, -0.1) is 0 Å². The molecule has 2 rings (SSSR count). The van der Waals surface area contributed by atoms with Crippen molar-refractivity contribution < 1.29 is 4.79 Å². The van der Waals surface area contributed by atoms with E-state index in [1.165, 1.54) is 6.20 Å². The molecule has 0 aliphatic carbocycles. The molecule has 2 N–H and O–H groups in total. The fourth-order valence-corrected chi connectivity index (χ4v) is 1.68. The van der Waals surface area contributed by atoms with Crippen LogP contribution < -0.4 is 5.32 Å². The lowest BCUT2D eigenvalue weighted by Gasteiger charge is -2.05. The molecule has 0 saturated carbocycles. The van der Waals surface area contributed by atoms with Crippen LogP contribution >= 0.6 is 15.9 Å². The van der Waals surface area contributed by atoms with Crippen molar-refractivity contribution in [1.29, 1.82) is 5.26 Å². The molecular weight excluding hydrogens is 284 g/mol. The average molecular weight is 291 g/mol. The molecule has 84 valence electrons. The normalized spacial score (nSPS) is 9.65. The molecule has 0 aliphatic heterocycles. The molecule has 0 radical (unpaired) electrons. The molecule has 6 heteroatoms. The van der Waals surface area contributed by atoms with E-state index in [1.54, 1.807) is 24.3 Å². The maximum absolute atomic E-state index is 11.8. The van der Waals surface area contributed by atoms with Crippen molar-refractivity contribution in [3.8, 4) is 6.07 Å². The molecular formula is C11H7BrN4O. The number of halogens is 1. The van der Waals surface area contributed by atoms with Gasteiger partial charge in [0, 0.05) is 0 Å². The van der Waals surface area contributed by atoms with Gasteiger partial charge in [0.1, 0.15) is 11.8 Å². The lowest BCUT2D eigenvalue weighted by Crippen LogP contribution is -2.13. The molecule has 0 unspecified atom stereocenters. The first-order valence-electron chi connectivity index (χ1n) is 4.71. The largest absolute Gasteiger partial charge is 0.319 e. The van der Waals surface area contributed by atoms with Crippen LogP contribution in [0.5, 0.6) is 0 Å². The minimum absolute atomic E-state index is 0.317. The first-order valence-corrected chi connectivity index (χ1v) is 5.51. The van der Waals surface area contributed by atoms with Gasteiger partial charge in [-0.05, 0) is 28.1 Å². The van der Waals surface area contributed by atoms with Gasteiger partial charge in [0.25, 0.3) is 5.91 Å². The number of nitriles is 1. The first kappa shape index (κ1) is 11.4. The Kier molecular flexibility index (Phi) is 3.21. The Morgan fingerprint density at radius 2 is 2.24 bits per heavy atom. The van der Waals surface area contributed by atoms with E-state index in [2.05, 4.69) is 31.4 Å². The molecule has 1 aromatic heterocycles. The van der Waals surface area contributed by atoms with E-state index in [4.69, 9.17) is 5.26 Å². The molecule has 0 fully saturated rings. The smallest absolute Gasteiger partial charge is 0.274 e. The zero-order valence-electron chi connectivity index (χ0n) is 8.57. The minimum atomic E-state index is -0.350. The number of hydrogen-bond acceptors (Lipinski definition) is 3. The number of para-hydroxylation sites is 1. The number of amides is 1. The molecule has 0 aliphatic rings. The molecule has 1 aromatic carbocycles. The predicted octanol–water partition coefficient (Wildman–Crippen LogP) is 2.30. The van der Waals surface area contributed by atoms with Crippen LogP contribution in [0, 0.1) is 11.3 Å². The molecule has 0 spiro atoms. The van der Waals surface area contributed by atoms with E-state index < -0.39 is 0 Å². The standard InChI is InChI=1S/C11H7BrN4O/c12-8-6-14-16-10(8)11(17)15-9-4-2-1-3-7(9)5-13/h1-4,6H,(H,14,16)(H,15,17). The highest BCUT2D eigenvalue weighted by atomic mass is 79.9. The summed E-state index contributed by atoms with van der Waals surface area (Å²) in [5.41, 5.74) is 1.20. The summed E-state index contributed by atoms with van der Waals surface area (Å²) in [5, 5.41) is 17.8. The summed E-state index contributed by atoms with van der Waals surface area (Å²) in [7, 11) is 0. The second-order valence-corrected chi connectivity index (χ2v) is 4.06. The highest BCUT2D eigenvalue weighted by Gasteiger charge is 2.13. The Bertz CT molecular complexity index is 600. The topological polar surface area (TPSA) is 81.6 Å². The third-order valence-electron chi connectivity index (χ3n) is 2.12. The number of hydrogen-bond donors (Lipinski definition) is 2. The van der Waals surface area contributed by atoms with Crippen LogP contribution in [-0.4, -0.2) is 16.1 Å². The summed E-state index contributed by atoms with van der Waals surface area (Å²) >= 11 is 3.20. The lowest BCUT2D eigenvalue weighted by molar-refractivity contribution is 0.102. The second kappa shape index (κ2) is 4.80. The zero-order chi connectivity index (χ0) is 12.3. The summed E-state index contributed by atoms with van der Waals surface area (Å²) in [6.45, 7) is 0. The quantitative estimate of drug-likeness (QED) is 0.890. The van der Waals surface area contributed by atoms with E-state index in [-0.39, 0.29) is 5.91 Å². The molecule has 5 nitrogen and oxygen atoms in total. The predicted molar refractivity (Wildman–Crippen MR) is 65.4 cm³/mol. The summed E-state index contributed by atoms with van der Waals surface area (Å²) in [6.07, 6.45) is 1.49. The van der Waals surface area contributed by atoms with Crippen LogP contribution in [0.15, 0.2) is 34.9 Å². The number of nitrogens with one attached hydrogen (secondary N) is 2. The number of nitrogens with zero attached hydrogens (tertiary/aromatic N) is 2.